The first-order valence-corrected chi connectivity index (χ1v) is 4.90. The van der Waals surface area contributed by atoms with E-state index < -0.39 is 11.6 Å². The Labute approximate surface area is 92.9 Å². The normalized spacial score (nSPS) is 12.6. The lowest BCUT2D eigenvalue weighted by atomic mass is 10.2. The topological polar surface area (TPSA) is 39.2 Å². The summed E-state index contributed by atoms with van der Waals surface area (Å²) in [5.41, 5.74) is 7.24. The van der Waals surface area contributed by atoms with Gasteiger partial charge in [0.25, 0.3) is 0 Å². The Balaban J connectivity index is 3.32. The Morgan fingerprint density at radius 2 is 2.00 bits per heavy atom. The molecule has 1 N–H and O–H groups in total. The smallest absolute Gasteiger partial charge is 0.226 e. The number of nitrogens with one attached hydrogen (secondary N) is 1. The van der Waals surface area contributed by atoms with Crippen LogP contribution in [0.15, 0.2) is 23.3 Å². The predicted molar refractivity (Wildman–Crippen MR) is 57.2 cm³/mol. The molecule has 0 aliphatic carbocycles. The maximum atomic E-state index is 13.5. The van der Waals surface area contributed by atoms with Crippen molar-refractivity contribution in [3.8, 4) is 0 Å². The van der Waals surface area contributed by atoms with Crippen molar-refractivity contribution in [1.82, 2.24) is 0 Å². The molecule has 5 heteroatoms. The summed E-state index contributed by atoms with van der Waals surface area (Å²) < 4.78 is 27.6. The summed E-state index contributed by atoms with van der Waals surface area (Å²) in [6, 6.07) is 3.32. The van der Waals surface area contributed by atoms with Gasteiger partial charge in [0.05, 0.1) is 18.1 Å². The van der Waals surface area contributed by atoms with Crippen LogP contribution >= 0.6 is 0 Å². The van der Waals surface area contributed by atoms with Gasteiger partial charge in [0.1, 0.15) is 5.82 Å². The van der Waals surface area contributed by atoms with Gasteiger partial charge < -0.3 is 0 Å². The van der Waals surface area contributed by atoms with E-state index in [-0.39, 0.29) is 11.6 Å². The molecule has 1 rings (SSSR count). The van der Waals surface area contributed by atoms with Gasteiger partial charge in [-0.2, -0.15) is 0 Å². The first-order chi connectivity index (χ1) is 7.47. The van der Waals surface area contributed by atoms with Crippen molar-refractivity contribution >= 4 is 11.5 Å². The largest absolute Gasteiger partial charge is 0.328 e. The zero-order chi connectivity index (χ0) is 12.3. The van der Waals surface area contributed by atoms with E-state index in [1.54, 1.807) is 7.05 Å². The van der Waals surface area contributed by atoms with Crippen molar-refractivity contribution in [3.05, 3.63) is 29.8 Å². The summed E-state index contributed by atoms with van der Waals surface area (Å²) in [7, 11) is 1.60. The first-order valence-electron chi connectivity index (χ1n) is 4.90. The molecule has 1 aromatic rings. The standard InChI is InChI=1S/C11H14F2N3/c1-7(2)11(15-14)16(3)10-5-4-8(12)6-9(10)13/h4-7,14H,1-3H3/q+1. The molecule has 0 saturated carbocycles. The Morgan fingerprint density at radius 3 is 2.44 bits per heavy atom. The van der Waals surface area contributed by atoms with Crippen molar-refractivity contribution in [2.24, 2.45) is 11.0 Å². The molecule has 0 amide bonds. The van der Waals surface area contributed by atoms with Crippen LogP contribution in [-0.4, -0.2) is 17.5 Å². The summed E-state index contributed by atoms with van der Waals surface area (Å²) in [5.74, 6) is -0.870. The molecular weight excluding hydrogens is 212 g/mol. The minimum Gasteiger partial charge on any atom is -0.226 e. The average molecular weight is 226 g/mol. The Bertz CT molecular complexity index is 439. The second-order valence-corrected chi connectivity index (χ2v) is 3.78. The van der Waals surface area contributed by atoms with Gasteiger partial charge in [-0.1, -0.05) is 19.4 Å². The molecule has 0 atom stereocenters. The van der Waals surface area contributed by atoms with Gasteiger partial charge >= 0.3 is 5.84 Å². The molecule has 0 fully saturated rings. The molecular formula is C11H14F2N3+. The fourth-order valence-corrected chi connectivity index (χ4v) is 1.47. The van der Waals surface area contributed by atoms with Crippen molar-refractivity contribution in [2.75, 3.05) is 7.05 Å². The summed E-state index contributed by atoms with van der Waals surface area (Å²) in [5, 5.41) is 3.36. The van der Waals surface area contributed by atoms with Crippen molar-refractivity contribution in [2.45, 2.75) is 13.8 Å². The van der Waals surface area contributed by atoms with Crippen LogP contribution < -0.4 is 0 Å². The molecule has 86 valence electrons. The van der Waals surface area contributed by atoms with Gasteiger partial charge in [0, 0.05) is 6.07 Å². The van der Waals surface area contributed by atoms with Crippen LogP contribution in [0.2, 0.25) is 0 Å². The van der Waals surface area contributed by atoms with Crippen LogP contribution in [0.3, 0.4) is 0 Å². The summed E-state index contributed by atoms with van der Waals surface area (Å²) in [6.45, 7) is 3.70. The summed E-state index contributed by atoms with van der Waals surface area (Å²) >= 11 is 0. The Hall–Kier alpha value is -1.65. The zero-order valence-corrected chi connectivity index (χ0v) is 9.46. The van der Waals surface area contributed by atoms with Crippen molar-refractivity contribution in [1.29, 1.82) is 5.53 Å². The summed E-state index contributed by atoms with van der Waals surface area (Å²) in [6.07, 6.45) is 0. The highest BCUT2D eigenvalue weighted by molar-refractivity contribution is 5.80. The number of halogens is 2. The lowest BCUT2D eigenvalue weighted by Gasteiger charge is -2.05. The van der Waals surface area contributed by atoms with Crippen LogP contribution in [0, 0.1) is 23.1 Å². The fourth-order valence-electron chi connectivity index (χ4n) is 1.47. The molecule has 0 bridgehead atoms. The van der Waals surface area contributed by atoms with E-state index in [1.165, 1.54) is 16.7 Å². The quantitative estimate of drug-likeness (QED) is 0.348. The highest BCUT2D eigenvalue weighted by atomic mass is 19.1. The molecule has 0 spiro atoms. The molecule has 1 aromatic carbocycles. The fraction of sp³-hybridized carbons (Fsp3) is 0.364. The molecule has 16 heavy (non-hydrogen) atoms. The molecule has 3 nitrogen and oxygen atoms in total. The maximum absolute atomic E-state index is 13.5. The number of rotatable bonds is 2. The molecule has 0 heterocycles. The summed E-state index contributed by atoms with van der Waals surface area (Å²) in [4.78, 5) is 0. The third-order valence-electron chi connectivity index (χ3n) is 2.25. The van der Waals surface area contributed by atoms with Crippen LogP contribution in [0.25, 0.3) is 0 Å². The van der Waals surface area contributed by atoms with Crippen LogP contribution in [-0.2, 0) is 0 Å². The van der Waals surface area contributed by atoms with Crippen LogP contribution in [0.1, 0.15) is 13.8 Å². The van der Waals surface area contributed by atoms with E-state index in [0.717, 1.165) is 6.07 Å². The number of benzene rings is 1. The minimum absolute atomic E-state index is 0.00745. The third-order valence-corrected chi connectivity index (χ3v) is 2.25. The van der Waals surface area contributed by atoms with E-state index in [2.05, 4.69) is 5.11 Å². The van der Waals surface area contributed by atoms with Crippen LogP contribution in [0.4, 0.5) is 14.5 Å². The van der Waals surface area contributed by atoms with E-state index in [1.807, 2.05) is 13.8 Å². The van der Waals surface area contributed by atoms with Crippen molar-refractivity contribution in [3.63, 3.8) is 0 Å². The van der Waals surface area contributed by atoms with Gasteiger partial charge in [-0.05, 0) is 12.1 Å². The lowest BCUT2D eigenvalue weighted by molar-refractivity contribution is -0.411. The molecule has 0 radical (unpaired) electrons. The second kappa shape index (κ2) is 4.92. The highest BCUT2D eigenvalue weighted by Gasteiger charge is 2.19. The number of hydrogen-bond acceptors (Lipinski definition) is 1. The minimum atomic E-state index is -0.663. The van der Waals surface area contributed by atoms with E-state index in [9.17, 15) is 8.78 Å². The number of hydrogen-bond donors (Lipinski definition) is 1. The first kappa shape index (κ1) is 12.4. The van der Waals surface area contributed by atoms with Gasteiger partial charge in [-0.15, -0.1) is 0 Å². The zero-order valence-electron chi connectivity index (χ0n) is 9.46. The second-order valence-electron chi connectivity index (χ2n) is 3.78. The lowest BCUT2D eigenvalue weighted by Crippen LogP contribution is -2.17. The van der Waals surface area contributed by atoms with E-state index in [0.29, 0.717) is 5.84 Å². The molecule has 0 unspecified atom stereocenters. The van der Waals surface area contributed by atoms with Gasteiger partial charge in [0.15, 0.2) is 11.5 Å². The SMILES string of the molecule is CC(C)C(N=N)=[N+](C)c1ccc(F)cc1F. The molecule has 0 aliphatic rings. The molecule has 0 aliphatic heterocycles. The van der Waals surface area contributed by atoms with Gasteiger partial charge in [-0.25, -0.2) is 13.4 Å². The molecule has 0 aromatic heterocycles. The monoisotopic (exact) mass is 226 g/mol. The van der Waals surface area contributed by atoms with Crippen LogP contribution in [0.5, 0.6) is 0 Å². The number of amidine groups is 1. The van der Waals surface area contributed by atoms with E-state index in [4.69, 9.17) is 5.53 Å². The van der Waals surface area contributed by atoms with Gasteiger partial charge in [-0.3, -0.25) is 0 Å². The maximum Gasteiger partial charge on any atom is 0.328 e. The Morgan fingerprint density at radius 1 is 1.38 bits per heavy atom. The Kier molecular flexibility index (Phi) is 3.82. The van der Waals surface area contributed by atoms with Crippen molar-refractivity contribution < 1.29 is 13.4 Å². The predicted octanol–water partition coefficient (Wildman–Crippen LogP) is 3.32. The molecule has 0 saturated heterocycles. The van der Waals surface area contributed by atoms with Gasteiger partial charge in [0.2, 0.25) is 0 Å². The number of nitrogens with zero attached hydrogens (tertiary/aromatic N) is 2. The van der Waals surface area contributed by atoms with E-state index >= 15 is 0 Å². The average Bonchev–Trinajstić information content (AvgIpc) is 2.17. The third kappa shape index (κ3) is 2.48. The highest BCUT2D eigenvalue weighted by Crippen LogP contribution is 2.18.